The second-order valence-corrected chi connectivity index (χ2v) is 5.74. The second kappa shape index (κ2) is 6.10. The van der Waals surface area contributed by atoms with Gasteiger partial charge in [-0.3, -0.25) is 4.79 Å². The number of nitrogens with one attached hydrogen (secondary N) is 2. The lowest BCUT2D eigenvalue weighted by Gasteiger charge is -2.29. The Morgan fingerprint density at radius 1 is 1.30 bits per heavy atom. The first-order chi connectivity index (χ1) is 9.11. The van der Waals surface area contributed by atoms with Crippen LogP contribution < -0.4 is 10.6 Å². The van der Waals surface area contributed by atoms with Crippen molar-refractivity contribution < 1.29 is 9.18 Å². The average molecular weight is 299 g/mol. The summed E-state index contributed by atoms with van der Waals surface area (Å²) >= 11 is 0. The monoisotopic (exact) mass is 298 g/mol. The number of piperidine rings is 1. The topological polar surface area (TPSA) is 41.1 Å². The molecule has 1 aromatic rings. The quantitative estimate of drug-likeness (QED) is 0.881. The first-order valence-corrected chi connectivity index (χ1v) is 6.95. The molecule has 2 unspecified atom stereocenters. The van der Waals surface area contributed by atoms with Gasteiger partial charge in [-0.15, -0.1) is 12.4 Å². The lowest BCUT2D eigenvalue weighted by molar-refractivity contribution is 0.0924. The Balaban J connectivity index is 0.00000147. The van der Waals surface area contributed by atoms with Gasteiger partial charge in [0.25, 0.3) is 5.91 Å². The minimum atomic E-state index is -0.267. The minimum absolute atomic E-state index is 0. The van der Waals surface area contributed by atoms with Crippen LogP contribution in [0.2, 0.25) is 0 Å². The van der Waals surface area contributed by atoms with Crippen LogP contribution in [-0.4, -0.2) is 24.0 Å². The smallest absolute Gasteiger partial charge is 0.251 e. The molecule has 2 heterocycles. The van der Waals surface area contributed by atoms with Crippen LogP contribution in [0.5, 0.6) is 0 Å². The molecule has 1 amide bonds. The van der Waals surface area contributed by atoms with E-state index in [2.05, 4.69) is 10.6 Å². The molecule has 3 rings (SSSR count). The molecule has 2 bridgehead atoms. The number of carbonyl (C=O) groups is 1. The number of fused-ring (bicyclic) bond motifs is 2. The van der Waals surface area contributed by atoms with Crippen molar-refractivity contribution in [1.82, 2.24) is 10.6 Å². The van der Waals surface area contributed by atoms with Crippen LogP contribution in [-0.2, 0) is 0 Å². The van der Waals surface area contributed by atoms with Crippen molar-refractivity contribution in [2.45, 2.75) is 50.7 Å². The normalized spacial score (nSPS) is 27.8. The summed E-state index contributed by atoms with van der Waals surface area (Å²) in [7, 11) is 0. The summed E-state index contributed by atoms with van der Waals surface area (Å²) < 4.78 is 13.2. The van der Waals surface area contributed by atoms with Crippen molar-refractivity contribution in [3.8, 4) is 0 Å². The number of amides is 1. The molecule has 2 N–H and O–H groups in total. The van der Waals surface area contributed by atoms with Crippen molar-refractivity contribution >= 4 is 18.3 Å². The molecule has 110 valence electrons. The van der Waals surface area contributed by atoms with E-state index in [1.807, 2.05) is 0 Å². The first-order valence-electron chi connectivity index (χ1n) is 6.95. The molecule has 2 saturated heterocycles. The van der Waals surface area contributed by atoms with Gasteiger partial charge >= 0.3 is 0 Å². The van der Waals surface area contributed by atoms with E-state index in [1.54, 1.807) is 19.1 Å². The van der Waals surface area contributed by atoms with E-state index in [-0.39, 0.29) is 30.2 Å². The molecular formula is C15H20ClFN2O. The summed E-state index contributed by atoms with van der Waals surface area (Å²) in [5.74, 6) is -0.356. The summed E-state index contributed by atoms with van der Waals surface area (Å²) in [6.45, 7) is 1.68. The van der Waals surface area contributed by atoms with Crippen molar-refractivity contribution in [2.75, 3.05) is 0 Å². The van der Waals surface area contributed by atoms with Crippen LogP contribution in [0.15, 0.2) is 18.2 Å². The fourth-order valence-corrected chi connectivity index (χ4v) is 3.23. The van der Waals surface area contributed by atoms with Gasteiger partial charge in [0.1, 0.15) is 5.82 Å². The van der Waals surface area contributed by atoms with Gasteiger partial charge in [0, 0.05) is 23.7 Å². The molecule has 2 aliphatic rings. The summed E-state index contributed by atoms with van der Waals surface area (Å²) in [4.78, 5) is 12.2. The number of benzene rings is 1. The average Bonchev–Trinajstić information content (AvgIpc) is 2.72. The lowest BCUT2D eigenvalue weighted by Crippen LogP contribution is -2.48. The van der Waals surface area contributed by atoms with E-state index in [0.717, 1.165) is 12.8 Å². The Kier molecular flexibility index (Phi) is 4.66. The molecule has 2 aliphatic heterocycles. The maximum absolute atomic E-state index is 13.2. The van der Waals surface area contributed by atoms with E-state index in [0.29, 0.717) is 23.2 Å². The van der Waals surface area contributed by atoms with E-state index in [9.17, 15) is 9.18 Å². The number of halogens is 2. The van der Waals surface area contributed by atoms with Crippen LogP contribution in [0, 0.1) is 12.7 Å². The molecule has 20 heavy (non-hydrogen) atoms. The molecule has 2 fully saturated rings. The Morgan fingerprint density at radius 3 is 2.55 bits per heavy atom. The van der Waals surface area contributed by atoms with E-state index in [4.69, 9.17) is 0 Å². The van der Waals surface area contributed by atoms with Crippen LogP contribution in [0.25, 0.3) is 0 Å². The predicted octanol–water partition coefficient (Wildman–Crippen LogP) is 2.57. The summed E-state index contributed by atoms with van der Waals surface area (Å²) in [5, 5.41) is 6.63. The molecule has 0 aliphatic carbocycles. The molecule has 0 saturated carbocycles. The van der Waals surface area contributed by atoms with E-state index in [1.165, 1.54) is 18.9 Å². The van der Waals surface area contributed by atoms with Gasteiger partial charge in [0.05, 0.1) is 0 Å². The summed E-state index contributed by atoms with van der Waals surface area (Å²) in [5.41, 5.74) is 1.06. The molecule has 0 radical (unpaired) electrons. The van der Waals surface area contributed by atoms with Gasteiger partial charge in [0.15, 0.2) is 0 Å². The van der Waals surface area contributed by atoms with Crippen molar-refractivity contribution in [1.29, 1.82) is 0 Å². The maximum Gasteiger partial charge on any atom is 0.251 e. The third-order valence-electron chi connectivity index (χ3n) is 4.23. The van der Waals surface area contributed by atoms with Crippen LogP contribution >= 0.6 is 12.4 Å². The van der Waals surface area contributed by atoms with Crippen LogP contribution in [0.4, 0.5) is 4.39 Å². The summed E-state index contributed by atoms with van der Waals surface area (Å²) in [6.07, 6.45) is 4.43. The second-order valence-electron chi connectivity index (χ2n) is 5.74. The highest BCUT2D eigenvalue weighted by Crippen LogP contribution is 2.26. The first kappa shape index (κ1) is 15.3. The molecule has 2 atom stereocenters. The van der Waals surface area contributed by atoms with Crippen molar-refractivity contribution in [2.24, 2.45) is 0 Å². The number of carbonyl (C=O) groups excluding carboxylic acids is 1. The van der Waals surface area contributed by atoms with E-state index >= 15 is 0 Å². The largest absolute Gasteiger partial charge is 0.349 e. The molecular weight excluding hydrogens is 279 g/mol. The lowest BCUT2D eigenvalue weighted by atomic mass is 9.99. The summed E-state index contributed by atoms with van der Waals surface area (Å²) in [6, 6.07) is 5.87. The van der Waals surface area contributed by atoms with Crippen LogP contribution in [0.1, 0.15) is 41.6 Å². The van der Waals surface area contributed by atoms with Gasteiger partial charge < -0.3 is 10.6 Å². The number of hydrogen-bond donors (Lipinski definition) is 2. The Hall–Kier alpha value is -1.13. The van der Waals surface area contributed by atoms with Crippen LogP contribution in [0.3, 0.4) is 0 Å². The van der Waals surface area contributed by atoms with Gasteiger partial charge in [-0.05, 0) is 56.4 Å². The fraction of sp³-hybridized carbons (Fsp3) is 0.533. The van der Waals surface area contributed by atoms with Gasteiger partial charge in [0.2, 0.25) is 0 Å². The molecule has 1 aromatic carbocycles. The zero-order valence-electron chi connectivity index (χ0n) is 11.5. The van der Waals surface area contributed by atoms with Crippen molar-refractivity contribution in [3.05, 3.63) is 35.1 Å². The van der Waals surface area contributed by atoms with Gasteiger partial charge in [-0.25, -0.2) is 4.39 Å². The number of rotatable bonds is 2. The third-order valence-corrected chi connectivity index (χ3v) is 4.23. The van der Waals surface area contributed by atoms with Gasteiger partial charge in [-0.2, -0.15) is 0 Å². The molecule has 3 nitrogen and oxygen atoms in total. The zero-order chi connectivity index (χ0) is 13.4. The van der Waals surface area contributed by atoms with E-state index < -0.39 is 0 Å². The number of aryl methyl sites for hydroxylation is 1. The predicted molar refractivity (Wildman–Crippen MR) is 78.8 cm³/mol. The van der Waals surface area contributed by atoms with Gasteiger partial charge in [-0.1, -0.05) is 0 Å². The highest BCUT2D eigenvalue weighted by molar-refractivity contribution is 5.94. The maximum atomic E-state index is 13.2. The Bertz CT molecular complexity index is 497. The highest BCUT2D eigenvalue weighted by Gasteiger charge is 2.34. The zero-order valence-corrected chi connectivity index (χ0v) is 12.3. The number of hydrogen-bond acceptors (Lipinski definition) is 2. The minimum Gasteiger partial charge on any atom is -0.349 e. The third kappa shape index (κ3) is 3.13. The molecule has 5 heteroatoms. The Labute approximate surface area is 124 Å². The molecule has 0 spiro atoms. The Morgan fingerprint density at radius 2 is 1.95 bits per heavy atom. The standard InChI is InChI=1S/C15H19FN2O.ClH/c1-9-6-10(2-5-14(9)16)15(19)18-13-7-11-3-4-12(8-13)17-11;/h2,5-6,11-13,17H,3-4,7-8H2,1H3,(H,18,19);1H. The SMILES string of the molecule is Cc1cc(C(=O)NC2CC3CCC(C2)N3)ccc1F.Cl. The fourth-order valence-electron chi connectivity index (χ4n) is 3.23. The highest BCUT2D eigenvalue weighted by atomic mass is 35.5. The molecule has 0 aromatic heterocycles. The van der Waals surface area contributed by atoms with Crippen molar-refractivity contribution in [3.63, 3.8) is 0 Å².